The Hall–Kier alpha value is -2.85. The minimum atomic E-state index is -1.07. The van der Waals surface area contributed by atoms with Gasteiger partial charge < -0.3 is 19.7 Å². The molecule has 3 rings (SSSR count). The van der Waals surface area contributed by atoms with Crippen molar-refractivity contribution in [1.82, 2.24) is 15.3 Å². The van der Waals surface area contributed by atoms with Crippen LogP contribution in [0, 0.1) is 18.7 Å². The Kier molecular flexibility index (Phi) is 6.24. The molecule has 2 heterocycles. The second-order valence-electron chi connectivity index (χ2n) is 7.09. The number of carbonyl (C=O) groups is 2. The average molecular weight is 401 g/mol. The number of ether oxygens (including phenoxy) is 1. The Labute approximate surface area is 167 Å². The van der Waals surface area contributed by atoms with Gasteiger partial charge in [0, 0.05) is 5.56 Å². The molecule has 8 nitrogen and oxygen atoms in total. The maximum absolute atomic E-state index is 12.9. The van der Waals surface area contributed by atoms with Gasteiger partial charge in [-0.15, -0.1) is 0 Å². The molecule has 2 aromatic rings. The Bertz CT molecular complexity index is 923. The highest BCUT2D eigenvalue weighted by atomic mass is 19.1. The lowest BCUT2D eigenvalue weighted by molar-refractivity contribution is -0.148. The fourth-order valence-corrected chi connectivity index (χ4v) is 3.11. The molecule has 10 heteroatoms. The van der Waals surface area contributed by atoms with Crippen LogP contribution in [0.2, 0.25) is 0 Å². The minimum Gasteiger partial charge on any atom is -0.456 e. The van der Waals surface area contributed by atoms with Crippen molar-refractivity contribution in [3.8, 4) is 0 Å². The predicted octanol–water partition coefficient (Wildman–Crippen LogP) is 0.640. The minimum absolute atomic E-state index is 0.150. The topological polar surface area (TPSA) is 111 Å². The van der Waals surface area contributed by atoms with Crippen LogP contribution >= 0.6 is 0 Å². The van der Waals surface area contributed by atoms with Gasteiger partial charge in [0.2, 0.25) is 0 Å². The molecule has 0 bridgehead atoms. The van der Waals surface area contributed by atoms with Crippen LogP contribution in [0.3, 0.4) is 0 Å². The van der Waals surface area contributed by atoms with Crippen molar-refractivity contribution in [2.75, 3.05) is 0 Å². The van der Waals surface area contributed by atoms with E-state index in [4.69, 9.17) is 9.39 Å². The summed E-state index contributed by atoms with van der Waals surface area (Å²) in [4.78, 5) is 32.7. The quantitative estimate of drug-likeness (QED) is 0.540. The van der Waals surface area contributed by atoms with Gasteiger partial charge in [0.25, 0.3) is 5.91 Å². The van der Waals surface area contributed by atoms with E-state index < -0.39 is 30.9 Å². The van der Waals surface area contributed by atoms with Crippen LogP contribution in [0.4, 0.5) is 4.39 Å². The van der Waals surface area contributed by atoms with Crippen LogP contribution in [0.5, 0.6) is 0 Å². The summed E-state index contributed by atoms with van der Waals surface area (Å²) in [5, 5.41) is 12.6. The molecule has 0 unspecified atom stereocenters. The van der Waals surface area contributed by atoms with Gasteiger partial charge in [-0.2, -0.15) is 0 Å². The number of halogens is 1. The third-order valence-electron chi connectivity index (χ3n) is 4.72. The summed E-state index contributed by atoms with van der Waals surface area (Å²) < 4.78 is 23.2. The zero-order chi connectivity index (χ0) is 21.1. The molecule has 152 valence electrons. The summed E-state index contributed by atoms with van der Waals surface area (Å²) in [6.07, 6.45) is 1.96. The second kappa shape index (κ2) is 8.67. The Morgan fingerprint density at radius 2 is 2.03 bits per heavy atom. The van der Waals surface area contributed by atoms with Crippen LogP contribution in [-0.4, -0.2) is 40.0 Å². The summed E-state index contributed by atoms with van der Waals surface area (Å²) in [5.41, 5.74) is 2.34. The summed E-state index contributed by atoms with van der Waals surface area (Å²) >= 11 is 0. The molecule has 0 radical (unpaired) electrons. The van der Waals surface area contributed by atoms with E-state index >= 15 is 0 Å². The molecular weight excluding hydrogens is 380 g/mol. The molecule has 1 atom stereocenters. The third kappa shape index (κ3) is 4.60. The number of nitrogens with zero attached hydrogens (tertiary/aromatic N) is 2. The molecule has 0 saturated heterocycles. The summed E-state index contributed by atoms with van der Waals surface area (Å²) in [7, 11) is -1.07. The standard InChI is InChI=1S/C19H21BFN3O5/c1-10(2)17(19(26)28-9-15-22-6-13(21)7-23-15)24-18(25)14-5-4-12-8-29-20(27)16(12)11(14)3/h4-7,10,17,27H,8-9H2,1-3H3,(H,24,25)/t17-/m0/s1. The fourth-order valence-electron chi connectivity index (χ4n) is 3.11. The number of hydrogen-bond donors (Lipinski definition) is 2. The molecule has 1 aliphatic rings. The molecule has 29 heavy (non-hydrogen) atoms. The van der Waals surface area contributed by atoms with E-state index in [0.29, 0.717) is 16.6 Å². The van der Waals surface area contributed by atoms with E-state index in [0.717, 1.165) is 18.0 Å². The van der Waals surface area contributed by atoms with Gasteiger partial charge in [-0.25, -0.2) is 19.2 Å². The molecule has 2 N–H and O–H groups in total. The summed E-state index contributed by atoms with van der Waals surface area (Å²) in [6, 6.07) is 2.46. The first kappa shape index (κ1) is 20.9. The Morgan fingerprint density at radius 1 is 1.34 bits per heavy atom. The van der Waals surface area contributed by atoms with E-state index in [-0.39, 0.29) is 25.0 Å². The second-order valence-corrected chi connectivity index (χ2v) is 7.09. The zero-order valence-corrected chi connectivity index (χ0v) is 16.3. The lowest BCUT2D eigenvalue weighted by Gasteiger charge is -2.21. The first-order chi connectivity index (χ1) is 13.8. The van der Waals surface area contributed by atoms with Gasteiger partial charge in [0.05, 0.1) is 19.0 Å². The van der Waals surface area contributed by atoms with Crippen molar-refractivity contribution in [3.05, 3.63) is 52.9 Å². The maximum Gasteiger partial charge on any atom is 0.492 e. The third-order valence-corrected chi connectivity index (χ3v) is 4.72. The maximum atomic E-state index is 12.9. The number of amides is 1. The zero-order valence-electron chi connectivity index (χ0n) is 16.3. The average Bonchev–Trinajstić information content (AvgIpc) is 3.07. The molecule has 1 aliphatic heterocycles. The molecule has 1 aromatic heterocycles. The van der Waals surface area contributed by atoms with Crippen molar-refractivity contribution in [1.29, 1.82) is 0 Å². The largest absolute Gasteiger partial charge is 0.492 e. The SMILES string of the molecule is Cc1c(C(=O)N[C@H](C(=O)OCc2ncc(F)cn2)C(C)C)ccc2c1B(O)OC2. The van der Waals surface area contributed by atoms with Gasteiger partial charge in [-0.1, -0.05) is 19.9 Å². The van der Waals surface area contributed by atoms with E-state index in [1.165, 1.54) is 0 Å². The van der Waals surface area contributed by atoms with Crippen molar-refractivity contribution in [2.24, 2.45) is 5.92 Å². The number of carbonyl (C=O) groups excluding carboxylic acids is 2. The molecule has 0 saturated carbocycles. The predicted molar refractivity (Wildman–Crippen MR) is 101 cm³/mol. The van der Waals surface area contributed by atoms with Gasteiger partial charge >= 0.3 is 13.1 Å². The first-order valence-corrected chi connectivity index (χ1v) is 9.14. The lowest BCUT2D eigenvalue weighted by Crippen LogP contribution is -2.46. The molecule has 0 fully saturated rings. The van der Waals surface area contributed by atoms with Gasteiger partial charge in [-0.3, -0.25) is 4.79 Å². The summed E-state index contributed by atoms with van der Waals surface area (Å²) in [6.45, 7) is 5.31. The first-order valence-electron chi connectivity index (χ1n) is 9.14. The van der Waals surface area contributed by atoms with Crippen LogP contribution in [0.1, 0.15) is 41.2 Å². The normalized spacial score (nSPS) is 13.9. The van der Waals surface area contributed by atoms with Crippen LogP contribution in [-0.2, 0) is 27.4 Å². The number of aromatic nitrogens is 2. The Balaban J connectivity index is 1.70. The molecule has 0 spiro atoms. The molecule has 1 aromatic carbocycles. The lowest BCUT2D eigenvalue weighted by atomic mass is 9.75. The molecular formula is C19H21BFN3O5. The highest BCUT2D eigenvalue weighted by Gasteiger charge is 2.32. The van der Waals surface area contributed by atoms with Crippen molar-refractivity contribution >= 4 is 24.5 Å². The molecule has 1 amide bonds. The van der Waals surface area contributed by atoms with E-state index in [1.54, 1.807) is 32.9 Å². The van der Waals surface area contributed by atoms with E-state index in [9.17, 15) is 19.0 Å². The monoisotopic (exact) mass is 401 g/mol. The molecule has 0 aliphatic carbocycles. The number of benzene rings is 1. The smallest absolute Gasteiger partial charge is 0.456 e. The van der Waals surface area contributed by atoms with Crippen LogP contribution < -0.4 is 10.8 Å². The van der Waals surface area contributed by atoms with Crippen molar-refractivity contribution in [2.45, 2.75) is 40.0 Å². The number of rotatable bonds is 6. The van der Waals surface area contributed by atoms with E-state index in [2.05, 4.69) is 15.3 Å². The van der Waals surface area contributed by atoms with Crippen LogP contribution in [0.25, 0.3) is 0 Å². The van der Waals surface area contributed by atoms with E-state index in [1.807, 2.05) is 0 Å². The highest BCUT2D eigenvalue weighted by Crippen LogP contribution is 2.17. The highest BCUT2D eigenvalue weighted by molar-refractivity contribution is 6.62. The van der Waals surface area contributed by atoms with Crippen molar-refractivity contribution < 1.29 is 28.4 Å². The Morgan fingerprint density at radius 3 is 2.69 bits per heavy atom. The number of esters is 1. The van der Waals surface area contributed by atoms with Gasteiger partial charge in [0.1, 0.15) is 6.04 Å². The van der Waals surface area contributed by atoms with Gasteiger partial charge in [-0.05, 0) is 35.5 Å². The number of nitrogens with one attached hydrogen (secondary N) is 1. The van der Waals surface area contributed by atoms with Crippen molar-refractivity contribution in [3.63, 3.8) is 0 Å². The number of fused-ring (bicyclic) bond motifs is 1. The number of hydrogen-bond acceptors (Lipinski definition) is 7. The van der Waals surface area contributed by atoms with Gasteiger partial charge in [0.15, 0.2) is 18.2 Å². The van der Waals surface area contributed by atoms with Crippen LogP contribution in [0.15, 0.2) is 24.5 Å². The summed E-state index contributed by atoms with van der Waals surface area (Å²) in [5.74, 6) is -1.80. The fraction of sp³-hybridized carbons (Fsp3) is 0.368.